The van der Waals surface area contributed by atoms with Crippen molar-refractivity contribution in [3.8, 4) is 0 Å². The minimum absolute atomic E-state index is 0.0133. The first-order valence-electron chi connectivity index (χ1n) is 7.29. The van der Waals surface area contributed by atoms with E-state index < -0.39 is 0 Å². The number of aryl methyl sites for hydroxylation is 1. The highest BCUT2D eigenvalue weighted by Crippen LogP contribution is 2.29. The summed E-state index contributed by atoms with van der Waals surface area (Å²) in [6, 6.07) is 6.60. The van der Waals surface area contributed by atoms with Crippen LogP contribution in [0.25, 0.3) is 0 Å². The minimum Gasteiger partial charge on any atom is -0.348 e. The second kappa shape index (κ2) is 5.42. The molecule has 1 saturated carbocycles. The number of carbonyl (C=O) groups is 1. The molecule has 108 valence electrons. The largest absolute Gasteiger partial charge is 0.348 e. The number of hydrazine groups is 1. The van der Waals surface area contributed by atoms with Crippen molar-refractivity contribution in [1.29, 1.82) is 0 Å². The van der Waals surface area contributed by atoms with E-state index in [0.717, 1.165) is 36.8 Å². The predicted molar refractivity (Wildman–Crippen MR) is 79.5 cm³/mol. The lowest BCUT2D eigenvalue weighted by molar-refractivity contribution is 0.0937. The van der Waals surface area contributed by atoms with E-state index in [0.29, 0.717) is 5.56 Å². The molecule has 0 bridgehead atoms. The Kier molecular flexibility index (Phi) is 3.63. The van der Waals surface area contributed by atoms with E-state index in [1.807, 2.05) is 25.1 Å². The Balaban J connectivity index is 1.60. The van der Waals surface area contributed by atoms with Gasteiger partial charge in [-0.25, -0.2) is 0 Å². The number of hydrogen-bond acceptors (Lipinski definition) is 4. The zero-order valence-corrected chi connectivity index (χ0v) is 11.9. The molecule has 1 aliphatic carbocycles. The van der Waals surface area contributed by atoms with Crippen LogP contribution in [0.2, 0.25) is 0 Å². The highest BCUT2D eigenvalue weighted by atomic mass is 16.1. The Morgan fingerprint density at radius 1 is 1.35 bits per heavy atom. The van der Waals surface area contributed by atoms with Crippen LogP contribution < -0.4 is 16.6 Å². The standard InChI is InChI=1S/C15H22N4O/c1-10-8-11(2-5-14(10)18-16)15(20)17-12-6-7-19(9-12)13-3-4-13/h2,5,8,12-13,18H,3-4,6-7,9,16H2,1H3,(H,17,20). The highest BCUT2D eigenvalue weighted by Gasteiger charge is 2.34. The highest BCUT2D eigenvalue weighted by molar-refractivity contribution is 5.95. The van der Waals surface area contributed by atoms with Gasteiger partial charge in [-0.1, -0.05) is 0 Å². The Labute approximate surface area is 119 Å². The SMILES string of the molecule is Cc1cc(C(=O)NC2CCN(C3CC3)C2)ccc1NN. The fourth-order valence-electron chi connectivity index (χ4n) is 2.91. The number of nitrogen functional groups attached to an aromatic ring is 1. The molecule has 5 nitrogen and oxygen atoms in total. The number of carbonyl (C=O) groups excluding carboxylic acids is 1. The van der Waals surface area contributed by atoms with Gasteiger partial charge in [-0.3, -0.25) is 15.5 Å². The molecule has 0 aromatic heterocycles. The summed E-state index contributed by atoms with van der Waals surface area (Å²) in [5, 5.41) is 3.14. The predicted octanol–water partition coefficient (Wildman–Crippen LogP) is 1.25. The topological polar surface area (TPSA) is 70.4 Å². The molecule has 1 aromatic rings. The van der Waals surface area contributed by atoms with E-state index in [1.54, 1.807) is 0 Å². The maximum atomic E-state index is 12.3. The molecule has 1 aromatic carbocycles. The van der Waals surface area contributed by atoms with Gasteiger partial charge in [-0.05, 0) is 49.9 Å². The average Bonchev–Trinajstić information content (AvgIpc) is 3.19. The average molecular weight is 274 g/mol. The number of nitrogens with one attached hydrogen (secondary N) is 2. The van der Waals surface area contributed by atoms with Crippen LogP contribution in [0.3, 0.4) is 0 Å². The van der Waals surface area contributed by atoms with Crippen LogP contribution >= 0.6 is 0 Å². The molecule has 2 aliphatic rings. The van der Waals surface area contributed by atoms with Gasteiger partial charge in [-0.2, -0.15) is 0 Å². The molecular formula is C15H22N4O. The zero-order valence-electron chi connectivity index (χ0n) is 11.9. The van der Waals surface area contributed by atoms with E-state index in [9.17, 15) is 4.79 Å². The van der Waals surface area contributed by atoms with Gasteiger partial charge < -0.3 is 10.7 Å². The number of nitrogens with two attached hydrogens (primary N) is 1. The van der Waals surface area contributed by atoms with E-state index in [-0.39, 0.29) is 11.9 Å². The van der Waals surface area contributed by atoms with E-state index >= 15 is 0 Å². The summed E-state index contributed by atoms with van der Waals surface area (Å²) >= 11 is 0. The molecule has 5 heteroatoms. The lowest BCUT2D eigenvalue weighted by Gasteiger charge is -2.16. The van der Waals surface area contributed by atoms with Crippen LogP contribution in [0.5, 0.6) is 0 Å². The number of nitrogens with zero attached hydrogens (tertiary/aromatic N) is 1. The number of anilines is 1. The van der Waals surface area contributed by atoms with E-state index in [1.165, 1.54) is 12.8 Å². The van der Waals surface area contributed by atoms with Crippen molar-refractivity contribution in [1.82, 2.24) is 10.2 Å². The second-order valence-electron chi connectivity index (χ2n) is 5.86. The van der Waals surface area contributed by atoms with Crippen molar-refractivity contribution in [2.24, 2.45) is 5.84 Å². The molecule has 4 N–H and O–H groups in total. The summed E-state index contributed by atoms with van der Waals surface area (Å²) in [4.78, 5) is 14.8. The second-order valence-corrected chi connectivity index (χ2v) is 5.86. The van der Waals surface area contributed by atoms with Crippen molar-refractivity contribution >= 4 is 11.6 Å². The van der Waals surface area contributed by atoms with Gasteiger partial charge in [0, 0.05) is 30.7 Å². The van der Waals surface area contributed by atoms with Crippen LogP contribution in [-0.4, -0.2) is 36.0 Å². The van der Waals surface area contributed by atoms with Crippen molar-refractivity contribution in [3.63, 3.8) is 0 Å². The first-order valence-corrected chi connectivity index (χ1v) is 7.29. The third-order valence-electron chi connectivity index (χ3n) is 4.26. The van der Waals surface area contributed by atoms with E-state index in [2.05, 4.69) is 15.6 Å². The van der Waals surface area contributed by atoms with Gasteiger partial charge in [0.05, 0.1) is 5.69 Å². The molecule has 1 saturated heterocycles. The minimum atomic E-state index is 0.0133. The van der Waals surface area contributed by atoms with Gasteiger partial charge in [0.2, 0.25) is 0 Å². The van der Waals surface area contributed by atoms with Gasteiger partial charge in [0.15, 0.2) is 0 Å². The van der Waals surface area contributed by atoms with Crippen molar-refractivity contribution in [3.05, 3.63) is 29.3 Å². The van der Waals surface area contributed by atoms with Gasteiger partial charge in [0.25, 0.3) is 5.91 Å². The normalized spacial score (nSPS) is 22.8. The number of hydrogen-bond donors (Lipinski definition) is 3. The van der Waals surface area contributed by atoms with Crippen LogP contribution in [0.4, 0.5) is 5.69 Å². The molecule has 0 spiro atoms. The van der Waals surface area contributed by atoms with Crippen molar-refractivity contribution in [2.75, 3.05) is 18.5 Å². The molecule has 1 amide bonds. The summed E-state index contributed by atoms with van der Waals surface area (Å²) in [6.45, 7) is 4.05. The summed E-state index contributed by atoms with van der Waals surface area (Å²) in [5.74, 6) is 5.42. The zero-order chi connectivity index (χ0) is 14.1. The third kappa shape index (κ3) is 2.78. The van der Waals surface area contributed by atoms with Crippen LogP contribution in [0.15, 0.2) is 18.2 Å². The molecular weight excluding hydrogens is 252 g/mol. The van der Waals surface area contributed by atoms with E-state index in [4.69, 9.17) is 5.84 Å². The quantitative estimate of drug-likeness (QED) is 0.571. The Hall–Kier alpha value is -1.59. The number of benzene rings is 1. The fourth-order valence-corrected chi connectivity index (χ4v) is 2.91. The number of likely N-dealkylation sites (tertiary alicyclic amines) is 1. The fraction of sp³-hybridized carbons (Fsp3) is 0.533. The third-order valence-corrected chi connectivity index (χ3v) is 4.26. The maximum Gasteiger partial charge on any atom is 0.251 e. The molecule has 3 rings (SSSR count). The smallest absolute Gasteiger partial charge is 0.251 e. The van der Waals surface area contributed by atoms with Gasteiger partial charge >= 0.3 is 0 Å². The van der Waals surface area contributed by atoms with Crippen LogP contribution in [-0.2, 0) is 0 Å². The molecule has 1 unspecified atom stereocenters. The molecule has 1 aliphatic heterocycles. The summed E-state index contributed by atoms with van der Waals surface area (Å²) in [6.07, 6.45) is 3.71. The van der Waals surface area contributed by atoms with Gasteiger partial charge in [0.1, 0.15) is 0 Å². The summed E-state index contributed by atoms with van der Waals surface area (Å²) < 4.78 is 0. The van der Waals surface area contributed by atoms with Crippen molar-refractivity contribution in [2.45, 2.75) is 38.3 Å². The first-order chi connectivity index (χ1) is 9.67. The van der Waals surface area contributed by atoms with Crippen molar-refractivity contribution < 1.29 is 4.79 Å². The Morgan fingerprint density at radius 2 is 2.15 bits per heavy atom. The molecule has 0 radical (unpaired) electrons. The number of amides is 1. The lowest BCUT2D eigenvalue weighted by atomic mass is 10.1. The molecule has 20 heavy (non-hydrogen) atoms. The summed E-state index contributed by atoms with van der Waals surface area (Å²) in [5.41, 5.74) is 5.15. The van der Waals surface area contributed by atoms with Gasteiger partial charge in [-0.15, -0.1) is 0 Å². The van der Waals surface area contributed by atoms with Crippen LogP contribution in [0.1, 0.15) is 35.2 Å². The molecule has 1 heterocycles. The van der Waals surface area contributed by atoms with Crippen LogP contribution in [0, 0.1) is 6.92 Å². The molecule has 1 atom stereocenters. The summed E-state index contributed by atoms with van der Waals surface area (Å²) in [7, 11) is 0. The monoisotopic (exact) mass is 274 g/mol. The maximum absolute atomic E-state index is 12.3. The Bertz CT molecular complexity index is 513. The Morgan fingerprint density at radius 3 is 2.80 bits per heavy atom. The first kappa shape index (κ1) is 13.4. The molecule has 2 fully saturated rings. The lowest BCUT2D eigenvalue weighted by Crippen LogP contribution is -2.37. The number of rotatable bonds is 4.